The Hall–Kier alpha value is -1.12. The van der Waals surface area contributed by atoms with Crippen LogP contribution in [0.2, 0.25) is 0 Å². The molecule has 0 fully saturated rings. The highest BCUT2D eigenvalue weighted by molar-refractivity contribution is 7.99. The molecule has 1 heterocycles. The number of hydrogen-bond donors (Lipinski definition) is 1. The average molecular weight is 195 g/mol. The number of nitrogens with zero attached hydrogens (tertiary/aromatic N) is 3. The summed E-state index contributed by atoms with van der Waals surface area (Å²) in [7, 11) is 0. The van der Waals surface area contributed by atoms with Gasteiger partial charge in [-0.1, -0.05) is 18.7 Å². The second-order valence-corrected chi connectivity index (χ2v) is 3.92. The summed E-state index contributed by atoms with van der Waals surface area (Å²) >= 11 is 1.43. The Morgan fingerprint density at radius 2 is 2.38 bits per heavy atom. The Morgan fingerprint density at radius 3 is 2.85 bits per heavy atom. The van der Waals surface area contributed by atoms with Crippen LogP contribution < -0.4 is 0 Å². The minimum Gasteiger partial charge on any atom is -0.395 e. The molecule has 0 bridgehead atoms. The minimum absolute atomic E-state index is 0.0993. The maximum absolute atomic E-state index is 8.78. The van der Waals surface area contributed by atoms with Crippen LogP contribution in [0.15, 0.2) is 17.4 Å². The van der Waals surface area contributed by atoms with Crippen molar-refractivity contribution in [2.24, 2.45) is 0 Å². The number of aliphatic hydroxyl groups excluding tert-OH is 1. The summed E-state index contributed by atoms with van der Waals surface area (Å²) in [5.74, 6) is 0. The third kappa shape index (κ3) is 3.01. The van der Waals surface area contributed by atoms with Gasteiger partial charge in [0.1, 0.15) is 11.1 Å². The molecule has 1 unspecified atom stereocenters. The number of aromatic nitrogens is 2. The summed E-state index contributed by atoms with van der Waals surface area (Å²) < 4.78 is 0. The minimum atomic E-state index is 0.0993. The summed E-state index contributed by atoms with van der Waals surface area (Å²) in [6.45, 7) is 2.00. The van der Waals surface area contributed by atoms with Crippen LogP contribution in [-0.2, 0) is 0 Å². The van der Waals surface area contributed by atoms with E-state index in [1.54, 1.807) is 0 Å². The Morgan fingerprint density at radius 1 is 1.62 bits per heavy atom. The van der Waals surface area contributed by atoms with Crippen molar-refractivity contribution in [1.82, 2.24) is 9.97 Å². The summed E-state index contributed by atoms with van der Waals surface area (Å²) in [5.41, 5.74) is 0.306. The fourth-order valence-electron chi connectivity index (χ4n) is 0.678. The van der Waals surface area contributed by atoms with Gasteiger partial charge in [-0.15, -0.1) is 0 Å². The molecule has 0 amide bonds. The largest absolute Gasteiger partial charge is 0.395 e. The van der Waals surface area contributed by atoms with Gasteiger partial charge in [0.2, 0.25) is 0 Å². The van der Waals surface area contributed by atoms with Crippen LogP contribution in [0.5, 0.6) is 0 Å². The van der Waals surface area contributed by atoms with Crippen LogP contribution in [0.3, 0.4) is 0 Å². The molecule has 13 heavy (non-hydrogen) atoms. The van der Waals surface area contributed by atoms with E-state index >= 15 is 0 Å². The lowest BCUT2D eigenvalue weighted by Crippen LogP contribution is -2.02. The van der Waals surface area contributed by atoms with Crippen LogP contribution in [0.25, 0.3) is 0 Å². The Balaban J connectivity index is 2.65. The molecule has 1 rings (SSSR count). The molecule has 0 aromatic carbocycles. The summed E-state index contributed by atoms with van der Waals surface area (Å²) in [4.78, 5) is 7.86. The van der Waals surface area contributed by atoms with E-state index in [0.29, 0.717) is 5.69 Å². The molecule has 1 N–H and O–H groups in total. The first-order valence-corrected chi connectivity index (χ1v) is 4.64. The van der Waals surface area contributed by atoms with Crippen LogP contribution in [-0.4, -0.2) is 26.9 Å². The van der Waals surface area contributed by atoms with E-state index in [2.05, 4.69) is 9.97 Å². The first kappa shape index (κ1) is 9.96. The molecule has 0 aliphatic rings. The zero-order valence-electron chi connectivity index (χ0n) is 7.14. The molecule has 4 nitrogen and oxygen atoms in total. The standard InChI is InChI=1S/C8H9N3OS/c1-6(5-12)13-8-4-10-7(2-9)3-11-8/h3-4,6,12H,5H2,1H3. The Labute approximate surface area is 80.6 Å². The van der Waals surface area contributed by atoms with Crippen molar-refractivity contribution < 1.29 is 5.11 Å². The van der Waals surface area contributed by atoms with Crippen LogP contribution in [0.4, 0.5) is 0 Å². The van der Waals surface area contributed by atoms with Crippen molar-refractivity contribution in [3.8, 4) is 6.07 Å². The molecule has 0 saturated carbocycles. The number of rotatable bonds is 3. The van der Waals surface area contributed by atoms with Gasteiger partial charge in [0, 0.05) is 5.25 Å². The van der Waals surface area contributed by atoms with Gasteiger partial charge >= 0.3 is 0 Å². The molecule has 5 heteroatoms. The third-order valence-corrected chi connectivity index (χ3v) is 2.33. The molecule has 0 radical (unpaired) electrons. The molecule has 1 aromatic heterocycles. The second kappa shape index (κ2) is 4.80. The topological polar surface area (TPSA) is 69.8 Å². The molecule has 0 saturated heterocycles. The van der Waals surface area contributed by atoms with Crippen molar-refractivity contribution in [2.75, 3.05) is 6.61 Å². The maximum atomic E-state index is 8.78. The number of aliphatic hydroxyl groups is 1. The van der Waals surface area contributed by atoms with E-state index in [1.807, 2.05) is 13.0 Å². The van der Waals surface area contributed by atoms with Crippen LogP contribution in [0, 0.1) is 11.3 Å². The predicted octanol–water partition coefficient (Wildman–Crippen LogP) is 0.821. The quantitative estimate of drug-likeness (QED) is 0.723. The predicted molar refractivity (Wildman–Crippen MR) is 49.2 cm³/mol. The van der Waals surface area contributed by atoms with E-state index in [-0.39, 0.29) is 11.9 Å². The van der Waals surface area contributed by atoms with Gasteiger partial charge in [0.15, 0.2) is 5.69 Å². The van der Waals surface area contributed by atoms with E-state index in [4.69, 9.17) is 10.4 Å². The van der Waals surface area contributed by atoms with Gasteiger partial charge in [-0.25, -0.2) is 9.97 Å². The van der Waals surface area contributed by atoms with Crippen molar-refractivity contribution in [1.29, 1.82) is 5.26 Å². The first-order valence-electron chi connectivity index (χ1n) is 3.76. The van der Waals surface area contributed by atoms with E-state index < -0.39 is 0 Å². The highest BCUT2D eigenvalue weighted by atomic mass is 32.2. The highest BCUT2D eigenvalue weighted by Crippen LogP contribution is 2.19. The van der Waals surface area contributed by atoms with Gasteiger partial charge in [0.25, 0.3) is 0 Å². The van der Waals surface area contributed by atoms with Crippen LogP contribution in [0.1, 0.15) is 12.6 Å². The van der Waals surface area contributed by atoms with E-state index in [1.165, 1.54) is 24.2 Å². The Kier molecular flexibility index (Phi) is 3.68. The van der Waals surface area contributed by atoms with Gasteiger partial charge < -0.3 is 5.11 Å². The third-order valence-electron chi connectivity index (χ3n) is 1.32. The zero-order valence-corrected chi connectivity index (χ0v) is 7.95. The average Bonchev–Trinajstić information content (AvgIpc) is 2.19. The lowest BCUT2D eigenvalue weighted by molar-refractivity contribution is 0.300. The zero-order chi connectivity index (χ0) is 9.68. The van der Waals surface area contributed by atoms with Crippen molar-refractivity contribution >= 4 is 11.8 Å². The summed E-state index contributed by atoms with van der Waals surface area (Å²) in [5, 5.41) is 18.1. The number of thioether (sulfide) groups is 1. The molecule has 0 aliphatic carbocycles. The first-order chi connectivity index (χ1) is 6.26. The lowest BCUT2D eigenvalue weighted by Gasteiger charge is -2.04. The molecule has 0 aliphatic heterocycles. The molecule has 1 atom stereocenters. The maximum Gasteiger partial charge on any atom is 0.158 e. The molecular formula is C8H9N3OS. The van der Waals surface area contributed by atoms with Crippen molar-refractivity contribution in [3.63, 3.8) is 0 Å². The fraction of sp³-hybridized carbons (Fsp3) is 0.375. The smallest absolute Gasteiger partial charge is 0.158 e. The molecule has 1 aromatic rings. The summed E-state index contributed by atoms with van der Waals surface area (Å²) in [6, 6.07) is 1.89. The van der Waals surface area contributed by atoms with Gasteiger partial charge in [-0.2, -0.15) is 5.26 Å². The van der Waals surface area contributed by atoms with Crippen molar-refractivity contribution in [3.05, 3.63) is 18.1 Å². The van der Waals surface area contributed by atoms with Gasteiger partial charge in [-0.3, -0.25) is 0 Å². The second-order valence-electron chi connectivity index (χ2n) is 2.46. The number of hydrogen-bond acceptors (Lipinski definition) is 5. The monoisotopic (exact) mass is 195 g/mol. The van der Waals surface area contributed by atoms with Gasteiger partial charge in [-0.05, 0) is 0 Å². The SMILES string of the molecule is CC(CO)Sc1cnc(C#N)cn1. The normalized spacial score (nSPS) is 12.1. The van der Waals surface area contributed by atoms with E-state index in [0.717, 1.165) is 5.03 Å². The Bertz CT molecular complexity index is 306. The molecule has 0 spiro atoms. The summed E-state index contributed by atoms with van der Waals surface area (Å²) in [6.07, 6.45) is 2.96. The molecule has 68 valence electrons. The highest BCUT2D eigenvalue weighted by Gasteiger charge is 2.03. The van der Waals surface area contributed by atoms with Gasteiger partial charge in [0.05, 0.1) is 19.0 Å². The fourth-order valence-corrected chi connectivity index (χ4v) is 1.39. The van der Waals surface area contributed by atoms with E-state index in [9.17, 15) is 0 Å². The number of nitriles is 1. The lowest BCUT2D eigenvalue weighted by atomic mass is 10.5. The molecular weight excluding hydrogens is 186 g/mol. The van der Waals surface area contributed by atoms with Crippen molar-refractivity contribution in [2.45, 2.75) is 17.2 Å². The van der Waals surface area contributed by atoms with Crippen LogP contribution >= 0.6 is 11.8 Å².